The molecule has 0 aliphatic heterocycles. The Hall–Kier alpha value is -0.0800. The third-order valence-electron chi connectivity index (χ3n) is 3.64. The quantitative estimate of drug-likeness (QED) is 0.683. The number of rotatable bonds is 5. The van der Waals surface area contributed by atoms with Crippen LogP contribution in [0.15, 0.2) is 0 Å². The van der Waals surface area contributed by atoms with Crippen LogP contribution in [-0.4, -0.2) is 19.1 Å². The molecule has 0 radical (unpaired) electrons. The van der Waals surface area contributed by atoms with Gasteiger partial charge in [0, 0.05) is 12.6 Å². The standard InChI is InChI=1S/C11H24N2/c1-5-11(4,7-12)8-13-9-6-10(9,2)3/h9,13H,5-8,12H2,1-4H3. The second-order valence-corrected chi connectivity index (χ2v) is 5.49. The van der Waals surface area contributed by atoms with E-state index in [1.165, 1.54) is 6.42 Å². The number of hydrogen-bond donors (Lipinski definition) is 2. The second-order valence-electron chi connectivity index (χ2n) is 5.49. The number of nitrogens with one attached hydrogen (secondary N) is 1. The molecule has 13 heavy (non-hydrogen) atoms. The van der Waals surface area contributed by atoms with E-state index in [2.05, 4.69) is 33.0 Å². The van der Waals surface area contributed by atoms with Gasteiger partial charge in [-0.15, -0.1) is 0 Å². The molecule has 2 unspecified atom stereocenters. The number of nitrogens with two attached hydrogens (primary N) is 1. The largest absolute Gasteiger partial charge is 0.330 e. The highest BCUT2D eigenvalue weighted by atomic mass is 15.0. The predicted octanol–water partition coefficient (Wildman–Crippen LogP) is 1.75. The Kier molecular flexibility index (Phi) is 3.03. The molecule has 0 aromatic carbocycles. The third kappa shape index (κ3) is 2.68. The average molecular weight is 184 g/mol. The van der Waals surface area contributed by atoms with Crippen molar-refractivity contribution in [3.63, 3.8) is 0 Å². The summed E-state index contributed by atoms with van der Waals surface area (Å²) in [5, 5.41) is 3.61. The van der Waals surface area contributed by atoms with Crippen LogP contribution in [0.25, 0.3) is 0 Å². The Bertz CT molecular complexity index is 171. The van der Waals surface area contributed by atoms with E-state index in [9.17, 15) is 0 Å². The van der Waals surface area contributed by atoms with E-state index < -0.39 is 0 Å². The average Bonchev–Trinajstić information content (AvgIpc) is 2.70. The van der Waals surface area contributed by atoms with Crippen molar-refractivity contribution in [3.05, 3.63) is 0 Å². The Labute approximate surface area is 82.3 Å². The first kappa shape index (κ1) is 11.0. The molecule has 3 N–H and O–H groups in total. The van der Waals surface area contributed by atoms with E-state index in [0.717, 1.165) is 25.6 Å². The highest BCUT2D eigenvalue weighted by molar-refractivity contribution is 5.02. The van der Waals surface area contributed by atoms with Gasteiger partial charge < -0.3 is 11.1 Å². The fourth-order valence-corrected chi connectivity index (χ4v) is 1.53. The van der Waals surface area contributed by atoms with Crippen molar-refractivity contribution >= 4 is 0 Å². The van der Waals surface area contributed by atoms with Crippen LogP contribution in [0.5, 0.6) is 0 Å². The summed E-state index contributed by atoms with van der Waals surface area (Å²) in [7, 11) is 0. The molecule has 1 rings (SSSR count). The summed E-state index contributed by atoms with van der Waals surface area (Å²) < 4.78 is 0. The minimum atomic E-state index is 0.290. The SMILES string of the molecule is CCC(C)(CN)CNC1CC1(C)C. The summed E-state index contributed by atoms with van der Waals surface area (Å²) in [6.07, 6.45) is 2.47. The van der Waals surface area contributed by atoms with E-state index in [0.29, 0.717) is 10.8 Å². The molecule has 0 amide bonds. The molecule has 0 aromatic rings. The van der Waals surface area contributed by atoms with Crippen LogP contribution in [-0.2, 0) is 0 Å². The first-order valence-corrected chi connectivity index (χ1v) is 5.37. The lowest BCUT2D eigenvalue weighted by Gasteiger charge is -2.27. The second kappa shape index (κ2) is 3.58. The van der Waals surface area contributed by atoms with Gasteiger partial charge in [0.1, 0.15) is 0 Å². The molecule has 1 fully saturated rings. The lowest BCUT2D eigenvalue weighted by atomic mass is 9.87. The molecule has 2 nitrogen and oxygen atoms in total. The van der Waals surface area contributed by atoms with Crippen molar-refractivity contribution in [2.75, 3.05) is 13.1 Å². The highest BCUT2D eigenvalue weighted by Crippen LogP contribution is 2.44. The number of hydrogen-bond acceptors (Lipinski definition) is 2. The first-order chi connectivity index (χ1) is 5.93. The van der Waals surface area contributed by atoms with Gasteiger partial charge in [0.05, 0.1) is 0 Å². The fraction of sp³-hybridized carbons (Fsp3) is 1.00. The van der Waals surface area contributed by atoms with E-state index in [4.69, 9.17) is 5.73 Å². The molecule has 78 valence electrons. The van der Waals surface area contributed by atoms with Crippen molar-refractivity contribution in [1.82, 2.24) is 5.32 Å². The minimum Gasteiger partial charge on any atom is -0.330 e. The van der Waals surface area contributed by atoms with Gasteiger partial charge in [0.2, 0.25) is 0 Å². The predicted molar refractivity (Wildman–Crippen MR) is 57.6 cm³/mol. The zero-order valence-corrected chi connectivity index (χ0v) is 9.48. The maximum atomic E-state index is 5.75. The van der Waals surface area contributed by atoms with Crippen molar-refractivity contribution in [3.8, 4) is 0 Å². The van der Waals surface area contributed by atoms with E-state index in [1.54, 1.807) is 0 Å². The molecule has 0 heterocycles. The zero-order chi connectivity index (χ0) is 10.1. The van der Waals surface area contributed by atoms with E-state index in [-0.39, 0.29) is 0 Å². The third-order valence-corrected chi connectivity index (χ3v) is 3.64. The lowest BCUT2D eigenvalue weighted by molar-refractivity contribution is 0.296. The lowest BCUT2D eigenvalue weighted by Crippen LogP contribution is -2.39. The van der Waals surface area contributed by atoms with Gasteiger partial charge in [0.25, 0.3) is 0 Å². The highest BCUT2D eigenvalue weighted by Gasteiger charge is 2.45. The van der Waals surface area contributed by atoms with Crippen molar-refractivity contribution in [1.29, 1.82) is 0 Å². The molecule has 1 saturated carbocycles. The minimum absolute atomic E-state index is 0.290. The molecule has 0 saturated heterocycles. The van der Waals surface area contributed by atoms with Crippen molar-refractivity contribution in [2.24, 2.45) is 16.6 Å². The smallest absolute Gasteiger partial charge is 0.0125 e. The first-order valence-electron chi connectivity index (χ1n) is 5.37. The fourth-order valence-electron chi connectivity index (χ4n) is 1.53. The Morgan fingerprint density at radius 1 is 1.54 bits per heavy atom. The van der Waals surface area contributed by atoms with Crippen LogP contribution in [0.3, 0.4) is 0 Å². The Morgan fingerprint density at radius 2 is 2.08 bits per heavy atom. The van der Waals surface area contributed by atoms with Gasteiger partial charge in [-0.1, -0.05) is 27.7 Å². The van der Waals surface area contributed by atoms with Gasteiger partial charge in [-0.3, -0.25) is 0 Å². The van der Waals surface area contributed by atoms with Crippen molar-refractivity contribution in [2.45, 2.75) is 46.6 Å². The summed E-state index contributed by atoms with van der Waals surface area (Å²) in [6.45, 7) is 11.0. The maximum absolute atomic E-state index is 5.75. The molecule has 0 bridgehead atoms. The van der Waals surface area contributed by atoms with Crippen molar-refractivity contribution < 1.29 is 0 Å². The molecule has 2 atom stereocenters. The molecule has 2 heteroatoms. The molecule has 1 aliphatic rings. The van der Waals surface area contributed by atoms with E-state index >= 15 is 0 Å². The van der Waals surface area contributed by atoms with Crippen LogP contribution in [0.2, 0.25) is 0 Å². The van der Waals surface area contributed by atoms with Gasteiger partial charge in [-0.05, 0) is 30.2 Å². The monoisotopic (exact) mass is 184 g/mol. The van der Waals surface area contributed by atoms with Crippen LogP contribution in [0.4, 0.5) is 0 Å². The van der Waals surface area contributed by atoms with Crippen LogP contribution in [0.1, 0.15) is 40.5 Å². The van der Waals surface area contributed by atoms with Gasteiger partial charge in [-0.2, -0.15) is 0 Å². The summed E-state index contributed by atoms with van der Waals surface area (Å²) >= 11 is 0. The molecule has 1 aliphatic carbocycles. The summed E-state index contributed by atoms with van der Waals surface area (Å²) in [4.78, 5) is 0. The molecule has 0 aromatic heterocycles. The summed E-state index contributed by atoms with van der Waals surface area (Å²) in [5.74, 6) is 0. The van der Waals surface area contributed by atoms with Gasteiger partial charge >= 0.3 is 0 Å². The topological polar surface area (TPSA) is 38.0 Å². The molecule has 0 spiro atoms. The molecular formula is C11H24N2. The zero-order valence-electron chi connectivity index (χ0n) is 9.48. The van der Waals surface area contributed by atoms with Crippen LogP contribution in [0, 0.1) is 10.8 Å². The normalized spacial score (nSPS) is 29.8. The van der Waals surface area contributed by atoms with Gasteiger partial charge in [0.15, 0.2) is 0 Å². The maximum Gasteiger partial charge on any atom is 0.0125 e. The van der Waals surface area contributed by atoms with Crippen LogP contribution >= 0.6 is 0 Å². The molecular weight excluding hydrogens is 160 g/mol. The van der Waals surface area contributed by atoms with Gasteiger partial charge in [-0.25, -0.2) is 0 Å². The Morgan fingerprint density at radius 3 is 2.38 bits per heavy atom. The summed E-state index contributed by atoms with van der Waals surface area (Å²) in [5.41, 5.74) is 6.57. The Balaban J connectivity index is 2.26. The summed E-state index contributed by atoms with van der Waals surface area (Å²) in [6, 6.07) is 0.727. The van der Waals surface area contributed by atoms with Crippen LogP contribution < -0.4 is 11.1 Å². The van der Waals surface area contributed by atoms with E-state index in [1.807, 2.05) is 0 Å².